The molecule has 1 aliphatic heterocycles. The normalized spacial score (nSPS) is 23.5. The Kier molecular flexibility index (Phi) is 5.62. The highest BCUT2D eigenvalue weighted by Crippen LogP contribution is 2.38. The standard InChI is InChI=1S/C17H25NO5/c1-17(2,3)23-16(21)18-13(9-19)14(20)12-10-22-15(12)11-7-5-4-6-8-11/h4-8,12-15,19-20H,9-10H2,1-3H3,(H,18,21)/t12-,13+,14-,15-/m1/s1. The molecule has 1 saturated heterocycles. The maximum absolute atomic E-state index is 11.8. The van der Waals surface area contributed by atoms with Crippen LogP contribution < -0.4 is 5.32 Å². The Bertz CT molecular complexity index is 513. The van der Waals surface area contributed by atoms with Crippen LogP contribution >= 0.6 is 0 Å². The molecule has 1 aromatic rings. The van der Waals surface area contributed by atoms with Crippen LogP contribution in [0.15, 0.2) is 30.3 Å². The summed E-state index contributed by atoms with van der Waals surface area (Å²) in [4.78, 5) is 11.8. The predicted octanol–water partition coefficient (Wildman–Crippen LogP) is 1.62. The van der Waals surface area contributed by atoms with Crippen molar-refractivity contribution in [2.45, 2.75) is 44.6 Å². The number of hydrogen-bond acceptors (Lipinski definition) is 5. The summed E-state index contributed by atoms with van der Waals surface area (Å²) < 4.78 is 10.7. The van der Waals surface area contributed by atoms with Crippen LogP contribution in [0.3, 0.4) is 0 Å². The van der Waals surface area contributed by atoms with Crippen LogP contribution in [0, 0.1) is 5.92 Å². The summed E-state index contributed by atoms with van der Waals surface area (Å²) in [5, 5.41) is 22.5. The molecule has 23 heavy (non-hydrogen) atoms. The number of alkyl carbamates (subject to hydrolysis) is 1. The molecule has 0 bridgehead atoms. The van der Waals surface area contributed by atoms with Crippen LogP contribution in [0.1, 0.15) is 32.4 Å². The Labute approximate surface area is 136 Å². The average Bonchev–Trinajstić information content (AvgIpc) is 2.42. The predicted molar refractivity (Wildman–Crippen MR) is 84.9 cm³/mol. The quantitative estimate of drug-likeness (QED) is 0.766. The Balaban J connectivity index is 1.97. The number of carbonyl (C=O) groups is 1. The van der Waals surface area contributed by atoms with Crippen molar-refractivity contribution < 1.29 is 24.5 Å². The van der Waals surface area contributed by atoms with E-state index in [1.54, 1.807) is 20.8 Å². The van der Waals surface area contributed by atoms with Gasteiger partial charge < -0.3 is 25.0 Å². The number of aliphatic hydroxyl groups excluding tert-OH is 2. The lowest BCUT2D eigenvalue weighted by molar-refractivity contribution is -0.169. The molecule has 0 aliphatic carbocycles. The molecule has 4 atom stereocenters. The Hall–Kier alpha value is -1.63. The van der Waals surface area contributed by atoms with E-state index < -0.39 is 23.8 Å². The first-order valence-electron chi connectivity index (χ1n) is 7.77. The van der Waals surface area contributed by atoms with E-state index in [9.17, 15) is 15.0 Å². The number of hydrogen-bond donors (Lipinski definition) is 3. The Morgan fingerprint density at radius 3 is 2.52 bits per heavy atom. The molecular formula is C17H25NO5. The van der Waals surface area contributed by atoms with Gasteiger partial charge in [-0.3, -0.25) is 0 Å². The first-order valence-corrected chi connectivity index (χ1v) is 7.77. The zero-order valence-electron chi connectivity index (χ0n) is 13.7. The smallest absolute Gasteiger partial charge is 0.408 e. The van der Waals surface area contributed by atoms with E-state index in [2.05, 4.69) is 5.32 Å². The average molecular weight is 323 g/mol. The SMILES string of the molecule is CC(C)(C)OC(=O)N[C@@H](CO)[C@H](O)[C@H]1CO[C@@H]1c1ccccc1. The van der Waals surface area contributed by atoms with E-state index >= 15 is 0 Å². The van der Waals surface area contributed by atoms with Crippen LogP contribution in [0.2, 0.25) is 0 Å². The minimum Gasteiger partial charge on any atom is -0.444 e. The Morgan fingerprint density at radius 1 is 1.39 bits per heavy atom. The van der Waals surface area contributed by atoms with Gasteiger partial charge in [0, 0.05) is 5.92 Å². The summed E-state index contributed by atoms with van der Waals surface area (Å²) in [6, 6.07) is 8.78. The van der Waals surface area contributed by atoms with Gasteiger partial charge >= 0.3 is 6.09 Å². The van der Waals surface area contributed by atoms with Crippen LogP contribution in [0.5, 0.6) is 0 Å². The fourth-order valence-corrected chi connectivity index (χ4v) is 2.56. The van der Waals surface area contributed by atoms with E-state index in [1.165, 1.54) is 0 Å². The number of carbonyl (C=O) groups excluding carboxylic acids is 1. The molecule has 6 heteroatoms. The van der Waals surface area contributed by atoms with Crippen molar-refractivity contribution >= 4 is 6.09 Å². The van der Waals surface area contributed by atoms with E-state index in [1.807, 2.05) is 30.3 Å². The molecule has 1 fully saturated rings. The minimum atomic E-state index is -0.925. The molecule has 0 spiro atoms. The van der Waals surface area contributed by atoms with Crippen molar-refractivity contribution in [3.8, 4) is 0 Å². The first-order chi connectivity index (χ1) is 10.8. The van der Waals surface area contributed by atoms with Crippen molar-refractivity contribution in [3.63, 3.8) is 0 Å². The molecule has 1 aromatic carbocycles. The summed E-state index contributed by atoms with van der Waals surface area (Å²) in [7, 11) is 0. The van der Waals surface area contributed by atoms with Crippen LogP contribution in [-0.4, -0.2) is 47.3 Å². The summed E-state index contributed by atoms with van der Waals surface area (Å²) in [6.45, 7) is 5.26. The zero-order valence-corrected chi connectivity index (χ0v) is 13.7. The molecule has 2 rings (SSSR count). The molecule has 1 aliphatic rings. The molecule has 0 saturated carbocycles. The monoisotopic (exact) mass is 323 g/mol. The summed E-state index contributed by atoms with van der Waals surface area (Å²) in [6.07, 6.45) is -1.82. The lowest BCUT2D eigenvalue weighted by Gasteiger charge is -2.42. The molecule has 0 radical (unpaired) electrons. The minimum absolute atomic E-state index is 0.190. The summed E-state index contributed by atoms with van der Waals surface area (Å²) in [5.74, 6) is -0.190. The van der Waals surface area contributed by atoms with Gasteiger partial charge in [0.15, 0.2) is 0 Å². The van der Waals surface area contributed by atoms with Gasteiger partial charge in [0.25, 0.3) is 0 Å². The number of ether oxygens (including phenoxy) is 2. The molecule has 128 valence electrons. The van der Waals surface area contributed by atoms with Gasteiger partial charge in [-0.05, 0) is 26.3 Å². The Morgan fingerprint density at radius 2 is 2.04 bits per heavy atom. The van der Waals surface area contributed by atoms with Crippen molar-refractivity contribution in [3.05, 3.63) is 35.9 Å². The maximum Gasteiger partial charge on any atom is 0.408 e. The van der Waals surface area contributed by atoms with Crippen molar-refractivity contribution in [1.82, 2.24) is 5.32 Å². The molecule has 3 N–H and O–H groups in total. The zero-order chi connectivity index (χ0) is 17.0. The molecular weight excluding hydrogens is 298 g/mol. The van der Waals surface area contributed by atoms with Gasteiger partial charge in [-0.1, -0.05) is 30.3 Å². The van der Waals surface area contributed by atoms with Gasteiger partial charge in [-0.15, -0.1) is 0 Å². The largest absolute Gasteiger partial charge is 0.444 e. The van der Waals surface area contributed by atoms with Gasteiger partial charge in [0.05, 0.1) is 31.5 Å². The van der Waals surface area contributed by atoms with Crippen LogP contribution in [0.4, 0.5) is 4.79 Å². The third kappa shape index (κ3) is 4.67. The van der Waals surface area contributed by atoms with Crippen molar-refractivity contribution in [1.29, 1.82) is 0 Å². The van der Waals surface area contributed by atoms with Crippen LogP contribution in [0.25, 0.3) is 0 Å². The second-order valence-electron chi connectivity index (χ2n) is 6.75. The third-order valence-corrected chi connectivity index (χ3v) is 3.73. The fraction of sp³-hybridized carbons (Fsp3) is 0.588. The van der Waals surface area contributed by atoms with Gasteiger partial charge in [-0.2, -0.15) is 0 Å². The molecule has 6 nitrogen and oxygen atoms in total. The number of nitrogens with one attached hydrogen (secondary N) is 1. The van der Waals surface area contributed by atoms with E-state index in [0.717, 1.165) is 5.56 Å². The number of amides is 1. The second kappa shape index (κ2) is 7.29. The second-order valence-corrected chi connectivity index (χ2v) is 6.75. The maximum atomic E-state index is 11.8. The third-order valence-electron chi connectivity index (χ3n) is 3.73. The van der Waals surface area contributed by atoms with E-state index in [0.29, 0.717) is 6.61 Å². The highest BCUT2D eigenvalue weighted by atomic mass is 16.6. The van der Waals surface area contributed by atoms with Crippen LogP contribution in [-0.2, 0) is 9.47 Å². The molecule has 1 amide bonds. The first kappa shape index (κ1) is 17.7. The van der Waals surface area contributed by atoms with Gasteiger partial charge in [0.1, 0.15) is 5.60 Å². The molecule has 0 unspecified atom stereocenters. The van der Waals surface area contributed by atoms with Gasteiger partial charge in [-0.25, -0.2) is 4.79 Å². The summed E-state index contributed by atoms with van der Waals surface area (Å²) >= 11 is 0. The number of aliphatic hydroxyl groups is 2. The van der Waals surface area contributed by atoms with Crippen molar-refractivity contribution in [2.24, 2.45) is 5.92 Å². The summed E-state index contributed by atoms with van der Waals surface area (Å²) in [5.41, 5.74) is 0.332. The van der Waals surface area contributed by atoms with Gasteiger partial charge in [0.2, 0.25) is 0 Å². The highest BCUT2D eigenvalue weighted by molar-refractivity contribution is 5.68. The molecule has 0 aromatic heterocycles. The lowest BCUT2D eigenvalue weighted by Crippen LogP contribution is -2.54. The highest BCUT2D eigenvalue weighted by Gasteiger charge is 2.42. The lowest BCUT2D eigenvalue weighted by atomic mass is 9.84. The molecule has 1 heterocycles. The number of benzene rings is 1. The van der Waals surface area contributed by atoms with E-state index in [4.69, 9.17) is 9.47 Å². The number of rotatable bonds is 5. The van der Waals surface area contributed by atoms with Crippen molar-refractivity contribution in [2.75, 3.05) is 13.2 Å². The topological polar surface area (TPSA) is 88.0 Å². The fourth-order valence-electron chi connectivity index (χ4n) is 2.56. The van der Waals surface area contributed by atoms with E-state index in [-0.39, 0.29) is 18.6 Å².